The van der Waals surface area contributed by atoms with E-state index in [9.17, 15) is 9.59 Å². The first-order valence-corrected chi connectivity index (χ1v) is 10.6. The lowest BCUT2D eigenvalue weighted by molar-refractivity contribution is -0.132. The molecular weight excluding hydrogens is 388 g/mol. The highest BCUT2D eigenvalue weighted by atomic mass is 16.2. The van der Waals surface area contributed by atoms with Crippen LogP contribution in [0.1, 0.15) is 24.0 Å². The summed E-state index contributed by atoms with van der Waals surface area (Å²) in [7, 11) is 0. The number of carbonyl (C=O) groups is 2. The number of aromatic nitrogens is 2. The van der Waals surface area contributed by atoms with Gasteiger partial charge < -0.3 is 10.2 Å². The molecule has 4 rings (SSSR count). The van der Waals surface area contributed by atoms with Crippen molar-refractivity contribution in [1.29, 1.82) is 0 Å². The Morgan fingerprint density at radius 3 is 2.39 bits per heavy atom. The second-order valence-electron chi connectivity index (χ2n) is 7.69. The molecule has 1 aliphatic rings. The van der Waals surface area contributed by atoms with Gasteiger partial charge >= 0.3 is 0 Å². The zero-order valence-electron chi connectivity index (χ0n) is 17.4. The summed E-state index contributed by atoms with van der Waals surface area (Å²) in [6.45, 7) is 1.73. The maximum atomic E-state index is 12.5. The van der Waals surface area contributed by atoms with Crippen LogP contribution in [0.3, 0.4) is 0 Å². The molecule has 1 saturated heterocycles. The first-order chi connectivity index (χ1) is 15.2. The van der Waals surface area contributed by atoms with Gasteiger partial charge in [0.25, 0.3) is 0 Å². The van der Waals surface area contributed by atoms with Crippen molar-refractivity contribution in [2.45, 2.75) is 19.4 Å². The quantitative estimate of drug-likeness (QED) is 0.629. The molecule has 0 radical (unpaired) electrons. The number of benzene rings is 2. The zero-order valence-corrected chi connectivity index (χ0v) is 17.4. The second kappa shape index (κ2) is 9.89. The van der Waals surface area contributed by atoms with E-state index in [0.717, 1.165) is 16.8 Å². The lowest BCUT2D eigenvalue weighted by Gasteiger charge is -2.30. The fraction of sp³-hybridized carbons (Fsp3) is 0.240. The van der Waals surface area contributed by atoms with Gasteiger partial charge in [0.05, 0.1) is 11.9 Å². The molecule has 3 aromatic rings. The van der Waals surface area contributed by atoms with E-state index in [1.807, 2.05) is 66.9 Å². The number of para-hydroxylation sites is 1. The minimum absolute atomic E-state index is 0.0318. The standard InChI is InChI=1S/C25H26N4O2/c30-24(12-11-21-18-27-29(19-21)23-9-5-2-6-10-23)28-15-13-22(14-16-28)25(31)26-17-20-7-3-1-4-8-20/h1-12,18-19,22H,13-17H2,(H,26,31)/b12-11+. The van der Waals surface area contributed by atoms with Crippen LogP contribution in [0.2, 0.25) is 0 Å². The maximum Gasteiger partial charge on any atom is 0.246 e. The number of amides is 2. The molecule has 31 heavy (non-hydrogen) atoms. The molecule has 0 unspecified atom stereocenters. The van der Waals surface area contributed by atoms with Gasteiger partial charge in [-0.15, -0.1) is 0 Å². The summed E-state index contributed by atoms with van der Waals surface area (Å²) in [5.41, 5.74) is 2.93. The summed E-state index contributed by atoms with van der Waals surface area (Å²) in [5.74, 6) is -0.00345. The second-order valence-corrected chi connectivity index (χ2v) is 7.69. The van der Waals surface area contributed by atoms with Crippen molar-refractivity contribution in [3.8, 4) is 5.69 Å². The number of nitrogens with zero attached hydrogens (tertiary/aromatic N) is 3. The minimum atomic E-state index is -0.0409. The molecule has 1 aliphatic heterocycles. The highest BCUT2D eigenvalue weighted by Gasteiger charge is 2.26. The molecule has 2 aromatic carbocycles. The van der Waals surface area contributed by atoms with Gasteiger partial charge in [-0.2, -0.15) is 5.10 Å². The number of hydrogen-bond acceptors (Lipinski definition) is 3. The molecule has 0 aliphatic carbocycles. The summed E-state index contributed by atoms with van der Waals surface area (Å²) >= 11 is 0. The SMILES string of the molecule is O=C(NCc1ccccc1)C1CCN(C(=O)/C=C/c2cnn(-c3ccccc3)c2)CC1. The third kappa shape index (κ3) is 5.48. The Bertz CT molecular complexity index is 1040. The largest absolute Gasteiger partial charge is 0.352 e. The van der Waals surface area contributed by atoms with Crippen LogP contribution >= 0.6 is 0 Å². The van der Waals surface area contributed by atoms with Gasteiger partial charge in [-0.25, -0.2) is 4.68 Å². The van der Waals surface area contributed by atoms with E-state index in [1.165, 1.54) is 0 Å². The molecule has 0 bridgehead atoms. The van der Waals surface area contributed by atoms with Crippen molar-refractivity contribution in [1.82, 2.24) is 20.0 Å². The maximum absolute atomic E-state index is 12.5. The molecule has 6 heteroatoms. The summed E-state index contributed by atoms with van der Waals surface area (Å²) in [6, 6.07) is 19.7. The van der Waals surface area contributed by atoms with E-state index < -0.39 is 0 Å². The van der Waals surface area contributed by atoms with Gasteiger partial charge in [0, 0.05) is 43.4 Å². The van der Waals surface area contributed by atoms with Crippen molar-refractivity contribution in [3.63, 3.8) is 0 Å². The van der Waals surface area contributed by atoms with E-state index in [4.69, 9.17) is 0 Å². The molecule has 1 aromatic heterocycles. The minimum Gasteiger partial charge on any atom is -0.352 e. The van der Waals surface area contributed by atoms with E-state index in [-0.39, 0.29) is 17.7 Å². The molecule has 0 saturated carbocycles. The lowest BCUT2D eigenvalue weighted by atomic mass is 9.95. The summed E-state index contributed by atoms with van der Waals surface area (Å²) in [4.78, 5) is 26.8. The number of nitrogens with one attached hydrogen (secondary N) is 1. The van der Waals surface area contributed by atoms with E-state index in [0.29, 0.717) is 32.5 Å². The van der Waals surface area contributed by atoms with Crippen LogP contribution in [0.5, 0.6) is 0 Å². The first kappa shape index (κ1) is 20.6. The Kier molecular flexibility index (Phi) is 6.57. The Morgan fingerprint density at radius 2 is 1.68 bits per heavy atom. The van der Waals surface area contributed by atoms with Crippen molar-refractivity contribution in [2.75, 3.05) is 13.1 Å². The van der Waals surface area contributed by atoms with Crippen LogP contribution in [-0.4, -0.2) is 39.6 Å². The molecule has 2 amide bonds. The smallest absolute Gasteiger partial charge is 0.246 e. The highest BCUT2D eigenvalue weighted by molar-refractivity contribution is 5.92. The Morgan fingerprint density at radius 1 is 1.00 bits per heavy atom. The van der Waals surface area contributed by atoms with Crippen LogP contribution in [0.4, 0.5) is 0 Å². The Balaban J connectivity index is 1.25. The number of piperidine rings is 1. The third-order valence-electron chi connectivity index (χ3n) is 5.53. The molecule has 0 spiro atoms. The normalized spacial score (nSPS) is 14.6. The molecule has 6 nitrogen and oxygen atoms in total. The zero-order chi connectivity index (χ0) is 21.5. The van der Waals surface area contributed by atoms with Gasteiger partial charge in [0.15, 0.2) is 0 Å². The van der Waals surface area contributed by atoms with Crippen molar-refractivity contribution < 1.29 is 9.59 Å². The lowest BCUT2D eigenvalue weighted by Crippen LogP contribution is -2.42. The number of rotatable bonds is 6. The fourth-order valence-corrected chi connectivity index (χ4v) is 3.71. The van der Waals surface area contributed by atoms with Gasteiger partial charge in [-0.1, -0.05) is 48.5 Å². The number of hydrogen-bond donors (Lipinski definition) is 1. The predicted molar refractivity (Wildman–Crippen MR) is 120 cm³/mol. The monoisotopic (exact) mass is 414 g/mol. The average molecular weight is 415 g/mol. The van der Waals surface area contributed by atoms with Crippen LogP contribution in [0.25, 0.3) is 11.8 Å². The van der Waals surface area contributed by atoms with Crippen LogP contribution in [0, 0.1) is 5.92 Å². The van der Waals surface area contributed by atoms with Crippen LogP contribution in [0.15, 0.2) is 79.1 Å². The molecule has 1 N–H and O–H groups in total. The van der Waals surface area contributed by atoms with Crippen LogP contribution in [-0.2, 0) is 16.1 Å². The van der Waals surface area contributed by atoms with E-state index in [1.54, 1.807) is 27.9 Å². The average Bonchev–Trinajstić information content (AvgIpc) is 3.31. The van der Waals surface area contributed by atoms with E-state index >= 15 is 0 Å². The molecule has 2 heterocycles. The topological polar surface area (TPSA) is 67.2 Å². The van der Waals surface area contributed by atoms with E-state index in [2.05, 4.69) is 10.4 Å². The first-order valence-electron chi connectivity index (χ1n) is 10.6. The number of carbonyl (C=O) groups excluding carboxylic acids is 2. The van der Waals surface area contributed by atoms with Gasteiger partial charge in [0.1, 0.15) is 0 Å². The van der Waals surface area contributed by atoms with Crippen molar-refractivity contribution >= 4 is 17.9 Å². The molecule has 0 atom stereocenters. The third-order valence-corrected chi connectivity index (χ3v) is 5.53. The summed E-state index contributed by atoms with van der Waals surface area (Å²) < 4.78 is 1.78. The van der Waals surface area contributed by atoms with Gasteiger partial charge in [0.2, 0.25) is 11.8 Å². The van der Waals surface area contributed by atoms with Crippen molar-refractivity contribution in [2.24, 2.45) is 5.92 Å². The molecule has 1 fully saturated rings. The Hall–Kier alpha value is -3.67. The van der Waals surface area contributed by atoms with Gasteiger partial charge in [-0.3, -0.25) is 9.59 Å². The Labute approximate surface area is 182 Å². The summed E-state index contributed by atoms with van der Waals surface area (Å²) in [5, 5.41) is 7.35. The van der Waals surface area contributed by atoms with Crippen LogP contribution < -0.4 is 5.32 Å². The highest BCUT2D eigenvalue weighted by Crippen LogP contribution is 2.18. The fourth-order valence-electron chi connectivity index (χ4n) is 3.71. The van der Waals surface area contributed by atoms with Crippen molar-refractivity contribution in [3.05, 3.63) is 90.3 Å². The predicted octanol–water partition coefficient (Wildman–Crippen LogP) is 3.44. The number of likely N-dealkylation sites (tertiary alicyclic amines) is 1. The van der Waals surface area contributed by atoms with Gasteiger partial charge in [-0.05, 0) is 36.6 Å². The summed E-state index contributed by atoms with van der Waals surface area (Å²) in [6.07, 6.45) is 8.37. The molecular formula is C25H26N4O2. The molecule has 158 valence electrons.